The molecule has 1 nitrogen and oxygen atoms in total. The van der Waals surface area contributed by atoms with Gasteiger partial charge in [-0.25, -0.2) is 0 Å². The second-order valence-electron chi connectivity index (χ2n) is 3.30. The third-order valence-electron chi connectivity index (χ3n) is 2.08. The number of allylic oxidation sites excluding steroid dienone is 1. The van der Waals surface area contributed by atoms with Crippen LogP contribution in [-0.4, -0.2) is 12.3 Å². The van der Waals surface area contributed by atoms with Gasteiger partial charge in [-0.2, -0.15) is 0 Å². The zero-order valence-corrected chi connectivity index (χ0v) is 10.3. The van der Waals surface area contributed by atoms with E-state index < -0.39 is 0 Å². The number of hydrogen-bond acceptors (Lipinski definition) is 2. The van der Waals surface area contributed by atoms with Crippen molar-refractivity contribution in [1.82, 2.24) is 5.32 Å². The van der Waals surface area contributed by atoms with E-state index >= 15 is 0 Å². The molecule has 0 saturated heterocycles. The highest BCUT2D eigenvalue weighted by Gasteiger charge is 1.93. The van der Waals surface area contributed by atoms with Crippen molar-refractivity contribution in [3.8, 4) is 0 Å². The summed E-state index contributed by atoms with van der Waals surface area (Å²) < 4.78 is 0. The van der Waals surface area contributed by atoms with E-state index in [1.807, 2.05) is 11.8 Å². The lowest BCUT2D eigenvalue weighted by molar-refractivity contribution is 0.726. The molecule has 0 saturated carbocycles. The van der Waals surface area contributed by atoms with Crippen molar-refractivity contribution < 1.29 is 0 Å². The van der Waals surface area contributed by atoms with E-state index in [1.165, 1.54) is 10.5 Å². The molecule has 0 aliphatic rings. The molecular weight excluding hydrogens is 202 g/mol. The highest BCUT2D eigenvalue weighted by atomic mass is 32.2. The molecular formula is C13H19NS. The average molecular weight is 221 g/mol. The number of benzene rings is 1. The van der Waals surface area contributed by atoms with Crippen LogP contribution >= 0.6 is 11.8 Å². The quantitative estimate of drug-likeness (QED) is 0.583. The minimum absolute atomic E-state index is 0.969. The summed E-state index contributed by atoms with van der Waals surface area (Å²) in [6.07, 6.45) is 4.27. The van der Waals surface area contributed by atoms with Gasteiger partial charge in [0.25, 0.3) is 0 Å². The van der Waals surface area contributed by atoms with E-state index in [0.717, 1.165) is 18.8 Å². The van der Waals surface area contributed by atoms with Gasteiger partial charge in [-0.1, -0.05) is 31.2 Å². The maximum atomic E-state index is 3.32. The van der Waals surface area contributed by atoms with E-state index in [1.54, 1.807) is 0 Å². The Balaban J connectivity index is 2.41. The zero-order valence-electron chi connectivity index (χ0n) is 9.49. The average Bonchev–Trinajstić information content (AvgIpc) is 2.28. The first kappa shape index (κ1) is 12.3. The summed E-state index contributed by atoms with van der Waals surface area (Å²) in [6, 6.07) is 8.78. The Morgan fingerprint density at radius 3 is 2.60 bits per heavy atom. The fraction of sp³-hybridized carbons (Fsp3) is 0.385. The van der Waals surface area contributed by atoms with Crippen LogP contribution in [0.3, 0.4) is 0 Å². The molecule has 0 spiro atoms. The zero-order chi connectivity index (χ0) is 10.9. The van der Waals surface area contributed by atoms with Gasteiger partial charge in [0.05, 0.1) is 0 Å². The molecule has 0 aliphatic heterocycles. The summed E-state index contributed by atoms with van der Waals surface area (Å²) in [5.74, 6) is 1.06. The lowest BCUT2D eigenvalue weighted by Gasteiger charge is -2.03. The molecule has 0 fully saturated rings. The summed E-state index contributed by atoms with van der Waals surface area (Å²) in [4.78, 5) is 1.34. The summed E-state index contributed by atoms with van der Waals surface area (Å²) in [7, 11) is 0. The Kier molecular flexibility index (Phi) is 6.21. The number of rotatable bonds is 6. The monoisotopic (exact) mass is 221 g/mol. The molecule has 1 rings (SSSR count). The summed E-state index contributed by atoms with van der Waals surface area (Å²) >= 11 is 1.87. The second-order valence-corrected chi connectivity index (χ2v) is 4.40. The normalized spacial score (nSPS) is 11.1. The van der Waals surface area contributed by atoms with Crippen molar-refractivity contribution in [1.29, 1.82) is 0 Å². The minimum Gasteiger partial charge on any atom is -0.313 e. The van der Waals surface area contributed by atoms with Crippen LogP contribution in [0.15, 0.2) is 41.3 Å². The van der Waals surface area contributed by atoms with Crippen molar-refractivity contribution in [3.05, 3.63) is 42.0 Å². The van der Waals surface area contributed by atoms with Gasteiger partial charge in [0, 0.05) is 17.2 Å². The highest BCUT2D eigenvalue weighted by Crippen LogP contribution is 2.18. The SMILES string of the molecule is C/C=C/CSc1ccc(CNCC)cc1. The summed E-state index contributed by atoms with van der Waals surface area (Å²) in [5, 5.41) is 3.32. The van der Waals surface area contributed by atoms with Gasteiger partial charge in [-0.3, -0.25) is 0 Å². The third-order valence-corrected chi connectivity index (χ3v) is 3.05. The Labute approximate surface area is 97.0 Å². The van der Waals surface area contributed by atoms with Crippen LogP contribution in [0.2, 0.25) is 0 Å². The van der Waals surface area contributed by atoms with Crippen LogP contribution in [0, 0.1) is 0 Å². The molecule has 82 valence electrons. The van der Waals surface area contributed by atoms with Crippen molar-refractivity contribution in [2.24, 2.45) is 0 Å². The van der Waals surface area contributed by atoms with Crippen LogP contribution in [0.1, 0.15) is 19.4 Å². The van der Waals surface area contributed by atoms with E-state index in [2.05, 4.69) is 55.6 Å². The maximum Gasteiger partial charge on any atom is 0.0205 e. The lowest BCUT2D eigenvalue weighted by Crippen LogP contribution is -2.11. The molecule has 15 heavy (non-hydrogen) atoms. The highest BCUT2D eigenvalue weighted by molar-refractivity contribution is 7.99. The van der Waals surface area contributed by atoms with Crippen molar-refractivity contribution in [2.45, 2.75) is 25.3 Å². The Hall–Kier alpha value is -0.730. The van der Waals surface area contributed by atoms with Crippen LogP contribution < -0.4 is 5.32 Å². The van der Waals surface area contributed by atoms with Gasteiger partial charge >= 0.3 is 0 Å². The second kappa shape index (κ2) is 7.55. The predicted octanol–water partition coefficient (Wildman–Crippen LogP) is 3.46. The van der Waals surface area contributed by atoms with E-state index in [0.29, 0.717) is 0 Å². The molecule has 1 aromatic rings. The molecule has 0 atom stereocenters. The minimum atomic E-state index is 0.969. The van der Waals surface area contributed by atoms with E-state index in [4.69, 9.17) is 0 Å². The van der Waals surface area contributed by atoms with E-state index in [-0.39, 0.29) is 0 Å². The molecule has 0 radical (unpaired) electrons. The third kappa shape index (κ3) is 5.05. The van der Waals surface area contributed by atoms with Crippen LogP contribution in [0.4, 0.5) is 0 Å². The van der Waals surface area contributed by atoms with Gasteiger partial charge in [0.2, 0.25) is 0 Å². The molecule has 2 heteroatoms. The molecule has 1 N–H and O–H groups in total. The fourth-order valence-corrected chi connectivity index (χ4v) is 2.02. The number of hydrogen-bond donors (Lipinski definition) is 1. The molecule has 1 aromatic carbocycles. The van der Waals surface area contributed by atoms with Crippen LogP contribution in [-0.2, 0) is 6.54 Å². The topological polar surface area (TPSA) is 12.0 Å². The van der Waals surface area contributed by atoms with Gasteiger partial charge in [0.1, 0.15) is 0 Å². The molecule has 0 bridgehead atoms. The van der Waals surface area contributed by atoms with Crippen LogP contribution in [0.5, 0.6) is 0 Å². The number of nitrogens with one attached hydrogen (secondary N) is 1. The van der Waals surface area contributed by atoms with Gasteiger partial charge in [-0.15, -0.1) is 11.8 Å². The Morgan fingerprint density at radius 1 is 1.27 bits per heavy atom. The van der Waals surface area contributed by atoms with Gasteiger partial charge in [0.15, 0.2) is 0 Å². The first-order valence-electron chi connectivity index (χ1n) is 5.40. The predicted molar refractivity (Wildman–Crippen MR) is 69.4 cm³/mol. The van der Waals surface area contributed by atoms with Crippen LogP contribution in [0.25, 0.3) is 0 Å². The van der Waals surface area contributed by atoms with E-state index in [9.17, 15) is 0 Å². The largest absolute Gasteiger partial charge is 0.313 e. The smallest absolute Gasteiger partial charge is 0.0205 e. The van der Waals surface area contributed by atoms with Crippen molar-refractivity contribution in [3.63, 3.8) is 0 Å². The lowest BCUT2D eigenvalue weighted by atomic mass is 10.2. The first-order valence-corrected chi connectivity index (χ1v) is 6.39. The maximum absolute atomic E-state index is 3.32. The van der Waals surface area contributed by atoms with Gasteiger partial charge in [-0.05, 0) is 31.2 Å². The molecule has 0 heterocycles. The van der Waals surface area contributed by atoms with Crippen molar-refractivity contribution in [2.75, 3.05) is 12.3 Å². The molecule has 0 amide bonds. The molecule has 0 unspecified atom stereocenters. The standard InChI is InChI=1S/C13H19NS/c1-3-5-10-15-13-8-6-12(7-9-13)11-14-4-2/h3,5-9,14H,4,10-11H2,1-2H3/b5-3+. The Bertz CT molecular complexity index is 290. The summed E-state index contributed by atoms with van der Waals surface area (Å²) in [6.45, 7) is 6.18. The molecule has 0 aliphatic carbocycles. The number of thioether (sulfide) groups is 1. The molecule has 0 aromatic heterocycles. The summed E-state index contributed by atoms with van der Waals surface area (Å²) in [5.41, 5.74) is 1.35. The fourth-order valence-electron chi connectivity index (χ4n) is 1.21. The first-order chi connectivity index (χ1) is 7.36. The Morgan fingerprint density at radius 2 is 2.00 bits per heavy atom. The van der Waals surface area contributed by atoms with Crippen molar-refractivity contribution >= 4 is 11.8 Å². The van der Waals surface area contributed by atoms with Gasteiger partial charge < -0.3 is 5.32 Å².